The number of alkyl halides is 1. The van der Waals surface area contributed by atoms with Gasteiger partial charge in [0.05, 0.1) is 11.9 Å². The molecule has 84 valence electrons. The SMILES string of the molecule is CCC(c1nncc2ccccc12)C(C)Br. The van der Waals surface area contributed by atoms with Crippen LogP contribution in [0.2, 0.25) is 0 Å². The highest BCUT2D eigenvalue weighted by molar-refractivity contribution is 9.09. The maximum atomic E-state index is 4.32. The second-order valence-electron chi connectivity index (χ2n) is 4.01. The van der Waals surface area contributed by atoms with Gasteiger partial charge in [-0.05, 0) is 6.42 Å². The second-order valence-corrected chi connectivity index (χ2v) is 5.45. The summed E-state index contributed by atoms with van der Waals surface area (Å²) in [5, 5.41) is 10.8. The number of benzene rings is 1. The predicted molar refractivity (Wildman–Crippen MR) is 71.0 cm³/mol. The van der Waals surface area contributed by atoms with Crippen molar-refractivity contribution in [3.63, 3.8) is 0 Å². The van der Waals surface area contributed by atoms with Crippen LogP contribution in [0.15, 0.2) is 30.5 Å². The molecule has 0 bridgehead atoms. The van der Waals surface area contributed by atoms with E-state index in [1.54, 1.807) is 0 Å². The second kappa shape index (κ2) is 4.91. The van der Waals surface area contributed by atoms with Crippen molar-refractivity contribution < 1.29 is 0 Å². The lowest BCUT2D eigenvalue weighted by Crippen LogP contribution is -2.11. The summed E-state index contributed by atoms with van der Waals surface area (Å²) in [5.41, 5.74) is 1.10. The Morgan fingerprint density at radius 3 is 2.75 bits per heavy atom. The Balaban J connectivity index is 2.59. The molecular weight excluding hydrogens is 264 g/mol. The molecule has 2 rings (SSSR count). The molecule has 0 spiro atoms. The summed E-state index contributed by atoms with van der Waals surface area (Å²) >= 11 is 3.66. The van der Waals surface area contributed by atoms with E-state index in [1.165, 1.54) is 10.8 Å². The number of hydrogen-bond donors (Lipinski definition) is 0. The summed E-state index contributed by atoms with van der Waals surface area (Å²) < 4.78 is 0. The van der Waals surface area contributed by atoms with Crippen molar-refractivity contribution in [2.24, 2.45) is 0 Å². The van der Waals surface area contributed by atoms with Crippen molar-refractivity contribution in [2.75, 3.05) is 0 Å². The molecule has 2 unspecified atom stereocenters. The normalized spacial score (nSPS) is 14.9. The average molecular weight is 279 g/mol. The summed E-state index contributed by atoms with van der Waals surface area (Å²) in [6, 6.07) is 8.29. The van der Waals surface area contributed by atoms with Crippen LogP contribution in [-0.4, -0.2) is 15.0 Å². The van der Waals surface area contributed by atoms with Gasteiger partial charge in [0.15, 0.2) is 0 Å². The lowest BCUT2D eigenvalue weighted by molar-refractivity contribution is 0.639. The Bertz CT molecular complexity index is 477. The van der Waals surface area contributed by atoms with Gasteiger partial charge in [0, 0.05) is 21.5 Å². The third-order valence-corrected chi connectivity index (χ3v) is 3.58. The fraction of sp³-hybridized carbons (Fsp3) is 0.385. The van der Waals surface area contributed by atoms with Crippen LogP contribution in [0, 0.1) is 0 Å². The van der Waals surface area contributed by atoms with E-state index >= 15 is 0 Å². The molecule has 1 heterocycles. The Kier molecular flexibility index (Phi) is 3.54. The lowest BCUT2D eigenvalue weighted by Gasteiger charge is -2.17. The van der Waals surface area contributed by atoms with E-state index in [9.17, 15) is 0 Å². The maximum absolute atomic E-state index is 4.32. The van der Waals surface area contributed by atoms with Gasteiger partial charge in [-0.1, -0.05) is 54.0 Å². The smallest absolute Gasteiger partial charge is 0.0751 e. The molecule has 0 aliphatic carbocycles. The van der Waals surface area contributed by atoms with Crippen LogP contribution in [0.5, 0.6) is 0 Å². The Labute approximate surface area is 104 Å². The summed E-state index contributed by atoms with van der Waals surface area (Å²) in [5.74, 6) is 0.415. The fourth-order valence-corrected chi connectivity index (χ4v) is 2.68. The van der Waals surface area contributed by atoms with Gasteiger partial charge in [-0.15, -0.1) is 0 Å². The quantitative estimate of drug-likeness (QED) is 0.796. The standard InChI is InChI=1S/C13H15BrN2/c1-3-11(9(2)14)13-12-7-5-4-6-10(12)8-15-16-13/h4-9,11H,3H2,1-2H3. The largest absolute Gasteiger partial charge is 0.158 e. The van der Waals surface area contributed by atoms with Crippen molar-refractivity contribution >= 4 is 26.7 Å². The number of nitrogens with zero attached hydrogens (tertiary/aromatic N) is 2. The Morgan fingerprint density at radius 1 is 1.31 bits per heavy atom. The molecule has 16 heavy (non-hydrogen) atoms. The zero-order chi connectivity index (χ0) is 11.5. The molecule has 0 fully saturated rings. The first-order chi connectivity index (χ1) is 7.74. The number of aromatic nitrogens is 2. The molecule has 0 amide bonds. The van der Waals surface area contributed by atoms with Crippen LogP contribution in [0.4, 0.5) is 0 Å². The van der Waals surface area contributed by atoms with Crippen molar-refractivity contribution in [3.8, 4) is 0 Å². The fourth-order valence-electron chi connectivity index (χ4n) is 2.06. The van der Waals surface area contributed by atoms with Crippen LogP contribution < -0.4 is 0 Å². The van der Waals surface area contributed by atoms with E-state index in [1.807, 2.05) is 12.3 Å². The summed E-state index contributed by atoms with van der Waals surface area (Å²) in [6.45, 7) is 4.35. The number of fused-ring (bicyclic) bond motifs is 1. The number of halogens is 1. The molecule has 2 nitrogen and oxygen atoms in total. The van der Waals surface area contributed by atoms with E-state index in [0.717, 1.165) is 12.1 Å². The topological polar surface area (TPSA) is 25.8 Å². The van der Waals surface area contributed by atoms with Crippen molar-refractivity contribution in [1.29, 1.82) is 0 Å². The van der Waals surface area contributed by atoms with Crippen LogP contribution in [-0.2, 0) is 0 Å². The average Bonchev–Trinajstić information content (AvgIpc) is 2.30. The molecule has 0 radical (unpaired) electrons. The van der Waals surface area contributed by atoms with E-state index in [-0.39, 0.29) is 0 Å². The van der Waals surface area contributed by atoms with Crippen molar-refractivity contribution in [1.82, 2.24) is 10.2 Å². The van der Waals surface area contributed by atoms with Gasteiger partial charge in [0.2, 0.25) is 0 Å². The first kappa shape index (κ1) is 11.5. The van der Waals surface area contributed by atoms with E-state index in [2.05, 4.69) is 58.2 Å². The predicted octanol–water partition coefficient (Wildman–Crippen LogP) is 3.91. The number of rotatable bonds is 3. The van der Waals surface area contributed by atoms with Crippen LogP contribution in [0.3, 0.4) is 0 Å². The van der Waals surface area contributed by atoms with Gasteiger partial charge >= 0.3 is 0 Å². The summed E-state index contributed by atoms with van der Waals surface area (Å²) in [7, 11) is 0. The molecule has 1 aromatic carbocycles. The molecule has 2 atom stereocenters. The first-order valence-corrected chi connectivity index (χ1v) is 6.50. The highest BCUT2D eigenvalue weighted by atomic mass is 79.9. The van der Waals surface area contributed by atoms with Gasteiger partial charge in [-0.2, -0.15) is 10.2 Å². The van der Waals surface area contributed by atoms with Crippen LogP contribution >= 0.6 is 15.9 Å². The van der Waals surface area contributed by atoms with E-state index in [0.29, 0.717) is 10.7 Å². The third kappa shape index (κ3) is 2.09. The molecule has 0 aliphatic rings. The van der Waals surface area contributed by atoms with Gasteiger partial charge < -0.3 is 0 Å². The summed E-state index contributed by atoms with van der Waals surface area (Å²) in [6.07, 6.45) is 2.89. The first-order valence-electron chi connectivity index (χ1n) is 5.58. The minimum atomic E-state index is 0.414. The van der Waals surface area contributed by atoms with E-state index in [4.69, 9.17) is 0 Å². The Morgan fingerprint density at radius 2 is 2.06 bits per heavy atom. The minimum Gasteiger partial charge on any atom is -0.158 e. The molecule has 0 saturated carbocycles. The monoisotopic (exact) mass is 278 g/mol. The molecule has 1 aromatic heterocycles. The highest BCUT2D eigenvalue weighted by Crippen LogP contribution is 2.30. The van der Waals surface area contributed by atoms with Gasteiger partial charge in [0.25, 0.3) is 0 Å². The molecule has 0 aliphatic heterocycles. The zero-order valence-corrected chi connectivity index (χ0v) is 11.1. The summed E-state index contributed by atoms with van der Waals surface area (Å²) in [4.78, 5) is 0.414. The van der Waals surface area contributed by atoms with Crippen LogP contribution in [0.25, 0.3) is 10.8 Å². The molecule has 0 saturated heterocycles. The van der Waals surface area contributed by atoms with Crippen molar-refractivity contribution in [2.45, 2.75) is 31.0 Å². The highest BCUT2D eigenvalue weighted by Gasteiger charge is 2.19. The molecular formula is C13H15BrN2. The van der Waals surface area contributed by atoms with Gasteiger partial charge in [-0.3, -0.25) is 0 Å². The lowest BCUT2D eigenvalue weighted by atomic mass is 9.95. The minimum absolute atomic E-state index is 0.414. The van der Waals surface area contributed by atoms with Gasteiger partial charge in [-0.25, -0.2) is 0 Å². The number of hydrogen-bond acceptors (Lipinski definition) is 2. The third-order valence-electron chi connectivity index (χ3n) is 2.94. The zero-order valence-electron chi connectivity index (χ0n) is 9.52. The van der Waals surface area contributed by atoms with Crippen molar-refractivity contribution in [3.05, 3.63) is 36.2 Å². The van der Waals surface area contributed by atoms with Crippen LogP contribution in [0.1, 0.15) is 31.9 Å². The molecule has 3 heteroatoms. The van der Waals surface area contributed by atoms with E-state index < -0.39 is 0 Å². The molecule has 2 aromatic rings. The Hall–Kier alpha value is -0.960. The maximum Gasteiger partial charge on any atom is 0.0751 e. The van der Waals surface area contributed by atoms with Gasteiger partial charge in [0.1, 0.15) is 0 Å². The molecule has 0 N–H and O–H groups in total.